The zero-order chi connectivity index (χ0) is 20.1. The van der Waals surface area contributed by atoms with E-state index < -0.39 is 10.1 Å². The van der Waals surface area contributed by atoms with Gasteiger partial charge in [-0.15, -0.1) is 0 Å². The van der Waals surface area contributed by atoms with Gasteiger partial charge in [-0.05, 0) is 43.5 Å². The van der Waals surface area contributed by atoms with E-state index in [0.717, 1.165) is 12.8 Å². The number of rotatable bonds is 15. The van der Waals surface area contributed by atoms with Crippen molar-refractivity contribution in [2.75, 3.05) is 6.61 Å². The van der Waals surface area contributed by atoms with Crippen LogP contribution in [0.25, 0.3) is 0 Å². The summed E-state index contributed by atoms with van der Waals surface area (Å²) in [6.07, 6.45) is 15.6. The van der Waals surface area contributed by atoms with Gasteiger partial charge in [0.15, 0.2) is 0 Å². The number of benzene rings is 1. The van der Waals surface area contributed by atoms with Gasteiger partial charge in [0, 0.05) is 0 Å². The van der Waals surface area contributed by atoms with Gasteiger partial charge in [-0.1, -0.05) is 77.6 Å². The second-order valence-electron chi connectivity index (χ2n) is 7.58. The fourth-order valence-electron chi connectivity index (χ4n) is 3.40. The number of hydrogen-bond donors (Lipinski definition) is 0. The normalized spacial score (nSPS) is 11.3. The van der Waals surface area contributed by atoms with Crippen LogP contribution in [0.4, 0.5) is 0 Å². The molecule has 0 atom stereocenters. The summed E-state index contributed by atoms with van der Waals surface area (Å²) < 4.78 is 39.2. The van der Waals surface area contributed by atoms with E-state index in [2.05, 4.69) is 6.92 Å². The summed E-state index contributed by atoms with van der Waals surface area (Å²) >= 11 is 0. The number of aryl methyl sites for hydroxylation is 2. The average Bonchev–Trinajstić information content (AvgIpc) is 2.60. The maximum atomic E-state index is 11.1. The summed E-state index contributed by atoms with van der Waals surface area (Å²) in [5, 5.41) is 0. The molecule has 0 amide bonds. The predicted octanol–water partition coefficient (Wildman–Crippen LogP) is 3.29. The van der Waals surface area contributed by atoms with Gasteiger partial charge in [0.05, 0.1) is 11.5 Å². The summed E-state index contributed by atoms with van der Waals surface area (Å²) in [7, 11) is -4.42. The van der Waals surface area contributed by atoms with Crippen LogP contribution >= 0.6 is 0 Å². The molecular weight excluding hydrogens is 383 g/mol. The van der Waals surface area contributed by atoms with Crippen LogP contribution in [0.1, 0.15) is 95.1 Å². The van der Waals surface area contributed by atoms with Crippen molar-refractivity contribution in [2.24, 2.45) is 0 Å². The first-order chi connectivity index (χ1) is 12.9. The molecule has 0 saturated carbocycles. The van der Waals surface area contributed by atoms with E-state index >= 15 is 0 Å². The van der Waals surface area contributed by atoms with Crippen LogP contribution in [-0.4, -0.2) is 19.6 Å². The second kappa shape index (κ2) is 15.7. The van der Waals surface area contributed by atoms with Gasteiger partial charge < -0.3 is 9.29 Å². The first-order valence-electron chi connectivity index (χ1n) is 10.6. The minimum absolute atomic E-state index is 0. The molecule has 1 aromatic carbocycles. The Bertz CT molecular complexity index is 621. The third-order valence-corrected chi connectivity index (χ3v) is 5.78. The van der Waals surface area contributed by atoms with Crippen molar-refractivity contribution < 1.29 is 47.3 Å². The van der Waals surface area contributed by atoms with Crippen LogP contribution in [0, 0.1) is 13.8 Å². The number of hydrogen-bond acceptors (Lipinski definition) is 4. The Kier molecular flexibility index (Phi) is 15.7. The number of unbranched alkanes of at least 4 members (excludes halogenated alkanes) is 11. The van der Waals surface area contributed by atoms with E-state index in [1.54, 1.807) is 13.8 Å². The average molecular weight is 421 g/mol. The minimum Gasteiger partial charge on any atom is -0.744 e. The van der Waals surface area contributed by atoms with Crippen molar-refractivity contribution in [1.82, 2.24) is 0 Å². The fourth-order valence-corrected chi connectivity index (χ4v) is 4.04. The predicted molar refractivity (Wildman–Crippen MR) is 110 cm³/mol. The van der Waals surface area contributed by atoms with Gasteiger partial charge >= 0.3 is 29.6 Å². The number of ether oxygens (including phenoxy) is 1. The summed E-state index contributed by atoms with van der Waals surface area (Å²) in [6, 6.07) is 2.79. The van der Waals surface area contributed by atoms with Gasteiger partial charge in [0.25, 0.3) is 0 Å². The molecule has 0 aliphatic rings. The first kappa shape index (κ1) is 27.9. The van der Waals surface area contributed by atoms with Crippen LogP contribution < -0.4 is 34.3 Å². The van der Waals surface area contributed by atoms with Crippen LogP contribution in [0.5, 0.6) is 5.75 Å². The molecule has 0 fully saturated rings. The molecule has 28 heavy (non-hydrogen) atoms. The van der Waals surface area contributed by atoms with Gasteiger partial charge in [-0.25, -0.2) is 8.42 Å². The Morgan fingerprint density at radius 3 is 1.57 bits per heavy atom. The van der Waals surface area contributed by atoms with Crippen molar-refractivity contribution in [1.29, 1.82) is 0 Å². The molecule has 156 valence electrons. The Morgan fingerprint density at radius 1 is 0.786 bits per heavy atom. The Hall–Kier alpha value is -0.0700. The second-order valence-corrected chi connectivity index (χ2v) is 8.96. The molecule has 1 rings (SSSR count). The minimum atomic E-state index is -4.42. The van der Waals surface area contributed by atoms with E-state index in [1.165, 1.54) is 76.3 Å². The van der Waals surface area contributed by atoms with Gasteiger partial charge in [-0.2, -0.15) is 0 Å². The van der Waals surface area contributed by atoms with Gasteiger partial charge in [-0.3, -0.25) is 0 Å². The van der Waals surface area contributed by atoms with Crippen molar-refractivity contribution >= 4 is 10.1 Å². The quantitative estimate of drug-likeness (QED) is 0.248. The molecule has 0 unspecified atom stereocenters. The molecule has 0 aliphatic heterocycles. The first-order valence-corrected chi connectivity index (χ1v) is 12.0. The SMILES string of the molecule is CCCCCCCCCCCCCCOc1c(C)cc(S(=O)(=O)[O-])cc1C.[Na+]. The van der Waals surface area contributed by atoms with E-state index in [9.17, 15) is 13.0 Å². The summed E-state index contributed by atoms with van der Waals surface area (Å²) in [4.78, 5) is -0.185. The van der Waals surface area contributed by atoms with Crippen molar-refractivity contribution in [3.05, 3.63) is 23.3 Å². The van der Waals surface area contributed by atoms with E-state index in [4.69, 9.17) is 4.74 Å². The molecule has 0 bridgehead atoms. The van der Waals surface area contributed by atoms with Crippen LogP contribution in [0.2, 0.25) is 0 Å². The third-order valence-electron chi connectivity index (χ3n) is 4.97. The molecule has 4 nitrogen and oxygen atoms in total. The smallest absolute Gasteiger partial charge is 0.744 e. The fraction of sp³-hybridized carbons (Fsp3) is 0.727. The third kappa shape index (κ3) is 11.8. The van der Waals surface area contributed by atoms with Gasteiger partial charge in [0.1, 0.15) is 15.9 Å². The summed E-state index contributed by atoms with van der Waals surface area (Å²) in [5.74, 6) is 0.700. The molecule has 1 aromatic rings. The van der Waals surface area contributed by atoms with Crippen molar-refractivity contribution in [3.63, 3.8) is 0 Å². The molecule has 0 heterocycles. The molecule has 0 N–H and O–H groups in total. The molecule has 6 heteroatoms. The Morgan fingerprint density at radius 2 is 1.18 bits per heavy atom. The van der Waals surface area contributed by atoms with Crippen molar-refractivity contribution in [2.45, 2.75) is 103 Å². The van der Waals surface area contributed by atoms with Crippen LogP contribution in [0.15, 0.2) is 17.0 Å². The monoisotopic (exact) mass is 420 g/mol. The maximum absolute atomic E-state index is 11.1. The largest absolute Gasteiger partial charge is 1.00 e. The summed E-state index contributed by atoms with van der Waals surface area (Å²) in [6.45, 7) is 6.44. The molecular formula is C22H37NaO4S. The zero-order valence-corrected chi connectivity index (χ0v) is 21.2. The molecule has 0 spiro atoms. The van der Waals surface area contributed by atoms with Crippen molar-refractivity contribution in [3.8, 4) is 5.75 Å². The Balaban J connectivity index is 0.00000729. The molecule has 0 radical (unpaired) electrons. The Labute approximate surface area is 194 Å². The van der Waals surface area contributed by atoms with E-state index in [-0.39, 0.29) is 34.5 Å². The molecule has 0 aromatic heterocycles. The topological polar surface area (TPSA) is 66.4 Å². The van der Waals surface area contributed by atoms with Crippen LogP contribution in [-0.2, 0) is 10.1 Å². The van der Waals surface area contributed by atoms with E-state index in [1.807, 2.05) is 0 Å². The summed E-state index contributed by atoms with van der Waals surface area (Å²) in [5.41, 5.74) is 1.40. The molecule has 0 aliphatic carbocycles. The molecule has 0 saturated heterocycles. The maximum Gasteiger partial charge on any atom is 1.00 e. The van der Waals surface area contributed by atoms with Crippen LogP contribution in [0.3, 0.4) is 0 Å². The standard InChI is InChI=1S/C22H38O4S.Na/c1-4-5-6-7-8-9-10-11-12-13-14-15-16-26-22-19(2)17-21(18-20(22)3)27(23,24)25;/h17-18H,4-16H2,1-3H3,(H,23,24,25);/q;+1/p-1. The van der Waals surface area contributed by atoms with E-state index in [0.29, 0.717) is 23.5 Å². The van der Waals surface area contributed by atoms with Gasteiger partial charge in [0.2, 0.25) is 0 Å². The zero-order valence-electron chi connectivity index (χ0n) is 18.4.